The fourth-order valence-electron chi connectivity index (χ4n) is 2.63. The number of carbonyl (C=O) groups excluding carboxylic acids is 2. The largest absolute Gasteiger partial charge is 0.352 e. The van der Waals surface area contributed by atoms with E-state index in [9.17, 15) is 14.9 Å². The Labute approximate surface area is 139 Å². The molecular weight excluding hydrogens is 323 g/mol. The van der Waals surface area contributed by atoms with Gasteiger partial charge in [0, 0.05) is 21.7 Å². The Morgan fingerprint density at radius 1 is 1.14 bits per heavy atom. The fourth-order valence-corrected chi connectivity index (χ4v) is 3.16. The van der Waals surface area contributed by atoms with Gasteiger partial charge in [-0.15, -0.1) is 0 Å². The lowest BCUT2D eigenvalue weighted by atomic mass is 9.93. The number of nitrogens with one attached hydrogen (secondary N) is 1. The van der Waals surface area contributed by atoms with Gasteiger partial charge in [0.2, 0.25) is 5.91 Å². The van der Waals surface area contributed by atoms with Crippen LogP contribution in [-0.2, 0) is 4.79 Å². The number of rotatable bonds is 4. The van der Waals surface area contributed by atoms with E-state index < -0.39 is 17.6 Å². The van der Waals surface area contributed by atoms with Crippen LogP contribution in [-0.4, -0.2) is 17.7 Å². The van der Waals surface area contributed by atoms with E-state index in [1.54, 1.807) is 6.07 Å². The third kappa shape index (κ3) is 4.22. The van der Waals surface area contributed by atoms with Gasteiger partial charge in [0.25, 0.3) is 0 Å². The highest BCUT2D eigenvalue weighted by molar-refractivity contribution is 6.35. The first-order chi connectivity index (χ1) is 10.5. The highest BCUT2D eigenvalue weighted by Gasteiger charge is 2.29. The van der Waals surface area contributed by atoms with E-state index >= 15 is 0 Å². The van der Waals surface area contributed by atoms with Crippen LogP contribution in [0.2, 0.25) is 10.0 Å². The predicted octanol–water partition coefficient (Wildman–Crippen LogP) is 3.76. The first-order valence-electron chi connectivity index (χ1n) is 7.21. The SMILES string of the molecule is N#CC(C(=O)NC1CCCCC1)C(=O)c1cc(Cl)cc(Cl)c1. The summed E-state index contributed by atoms with van der Waals surface area (Å²) in [5.41, 5.74) is 0.169. The van der Waals surface area contributed by atoms with E-state index in [0.29, 0.717) is 10.0 Å². The van der Waals surface area contributed by atoms with Crippen molar-refractivity contribution in [3.63, 3.8) is 0 Å². The number of hydrogen-bond donors (Lipinski definition) is 1. The molecule has 1 aliphatic rings. The monoisotopic (exact) mass is 338 g/mol. The topological polar surface area (TPSA) is 70.0 Å². The Bertz CT molecular complexity index is 599. The molecule has 2 rings (SSSR count). The Hall–Kier alpha value is -1.57. The number of halogens is 2. The number of carbonyl (C=O) groups is 2. The maximum Gasteiger partial charge on any atom is 0.245 e. The maximum atomic E-state index is 12.4. The summed E-state index contributed by atoms with van der Waals surface area (Å²) in [6.07, 6.45) is 5.05. The zero-order valence-electron chi connectivity index (χ0n) is 11.9. The highest BCUT2D eigenvalue weighted by Crippen LogP contribution is 2.22. The lowest BCUT2D eigenvalue weighted by Crippen LogP contribution is -2.42. The van der Waals surface area contributed by atoms with Crippen molar-refractivity contribution in [1.82, 2.24) is 5.32 Å². The van der Waals surface area contributed by atoms with Gasteiger partial charge in [-0.25, -0.2) is 0 Å². The van der Waals surface area contributed by atoms with E-state index in [-0.39, 0.29) is 11.6 Å². The van der Waals surface area contributed by atoms with E-state index in [4.69, 9.17) is 23.2 Å². The van der Waals surface area contributed by atoms with Crippen LogP contribution in [0.4, 0.5) is 0 Å². The van der Waals surface area contributed by atoms with Crippen LogP contribution in [0.5, 0.6) is 0 Å². The number of ketones is 1. The van der Waals surface area contributed by atoms with Gasteiger partial charge in [0.05, 0.1) is 6.07 Å². The van der Waals surface area contributed by atoms with Crippen LogP contribution in [0.15, 0.2) is 18.2 Å². The molecule has 0 spiro atoms. The van der Waals surface area contributed by atoms with E-state index in [1.165, 1.54) is 18.2 Å². The smallest absolute Gasteiger partial charge is 0.245 e. The number of nitrogens with zero attached hydrogens (tertiary/aromatic N) is 1. The molecule has 0 saturated heterocycles. The molecule has 0 bridgehead atoms. The second-order valence-electron chi connectivity index (χ2n) is 5.43. The summed E-state index contributed by atoms with van der Waals surface area (Å²) in [6.45, 7) is 0. The molecule has 1 atom stereocenters. The van der Waals surface area contributed by atoms with E-state index in [0.717, 1.165) is 32.1 Å². The summed E-state index contributed by atoms with van der Waals surface area (Å²) in [4.78, 5) is 24.6. The molecule has 1 aromatic carbocycles. The minimum atomic E-state index is -1.38. The van der Waals surface area contributed by atoms with Crippen molar-refractivity contribution in [3.8, 4) is 6.07 Å². The molecule has 1 saturated carbocycles. The number of amides is 1. The minimum absolute atomic E-state index is 0.0489. The van der Waals surface area contributed by atoms with Crippen molar-refractivity contribution in [2.24, 2.45) is 5.92 Å². The van der Waals surface area contributed by atoms with Crippen molar-refractivity contribution in [2.45, 2.75) is 38.1 Å². The van der Waals surface area contributed by atoms with Crippen LogP contribution >= 0.6 is 23.2 Å². The molecule has 116 valence electrons. The lowest BCUT2D eigenvalue weighted by molar-refractivity contribution is -0.123. The average Bonchev–Trinajstić information content (AvgIpc) is 2.47. The van der Waals surface area contributed by atoms with Gasteiger partial charge in [-0.1, -0.05) is 42.5 Å². The second-order valence-corrected chi connectivity index (χ2v) is 6.30. The Kier molecular flexibility index (Phi) is 5.82. The summed E-state index contributed by atoms with van der Waals surface area (Å²) in [5, 5.41) is 12.6. The summed E-state index contributed by atoms with van der Waals surface area (Å²) < 4.78 is 0. The van der Waals surface area contributed by atoms with Crippen molar-refractivity contribution in [2.75, 3.05) is 0 Å². The molecule has 6 heteroatoms. The summed E-state index contributed by atoms with van der Waals surface area (Å²) in [6, 6.07) is 6.14. The van der Waals surface area contributed by atoms with Crippen LogP contribution in [0.3, 0.4) is 0 Å². The Morgan fingerprint density at radius 3 is 2.27 bits per heavy atom. The second kappa shape index (κ2) is 7.62. The molecule has 22 heavy (non-hydrogen) atoms. The quantitative estimate of drug-likeness (QED) is 0.671. The van der Waals surface area contributed by atoms with Crippen LogP contribution in [0, 0.1) is 17.2 Å². The van der Waals surface area contributed by atoms with E-state index in [2.05, 4.69) is 5.32 Å². The molecule has 1 unspecified atom stereocenters. The summed E-state index contributed by atoms with van der Waals surface area (Å²) >= 11 is 11.7. The maximum absolute atomic E-state index is 12.4. The lowest BCUT2D eigenvalue weighted by Gasteiger charge is -2.23. The number of benzene rings is 1. The van der Waals surface area contributed by atoms with Crippen LogP contribution < -0.4 is 5.32 Å². The van der Waals surface area contributed by atoms with Crippen molar-refractivity contribution in [3.05, 3.63) is 33.8 Å². The standard InChI is InChI=1S/C16H16Cl2N2O2/c17-11-6-10(7-12(18)8-11)15(21)14(9-19)16(22)20-13-4-2-1-3-5-13/h6-8,13-14H,1-5H2,(H,20,22). The van der Waals surface area contributed by atoms with Gasteiger partial charge < -0.3 is 5.32 Å². The molecule has 0 radical (unpaired) electrons. The average molecular weight is 339 g/mol. The van der Waals surface area contributed by atoms with Gasteiger partial charge in [0.15, 0.2) is 11.7 Å². The molecule has 0 aliphatic heterocycles. The molecule has 1 fully saturated rings. The Morgan fingerprint density at radius 2 is 1.73 bits per heavy atom. The number of Topliss-reactive ketones (excluding diaryl/α,β-unsaturated/α-hetero) is 1. The molecule has 4 nitrogen and oxygen atoms in total. The molecule has 1 aromatic rings. The van der Waals surface area contributed by atoms with Crippen molar-refractivity contribution < 1.29 is 9.59 Å². The molecule has 0 heterocycles. The van der Waals surface area contributed by atoms with Gasteiger partial charge in [-0.3, -0.25) is 9.59 Å². The number of hydrogen-bond acceptors (Lipinski definition) is 3. The zero-order chi connectivity index (χ0) is 16.1. The summed E-state index contributed by atoms with van der Waals surface area (Å²) in [7, 11) is 0. The molecule has 1 aliphatic carbocycles. The van der Waals surface area contributed by atoms with Gasteiger partial charge in [-0.2, -0.15) is 5.26 Å². The van der Waals surface area contributed by atoms with Crippen LogP contribution in [0.25, 0.3) is 0 Å². The van der Waals surface area contributed by atoms with Crippen molar-refractivity contribution in [1.29, 1.82) is 5.26 Å². The Balaban J connectivity index is 2.11. The number of nitriles is 1. The third-order valence-electron chi connectivity index (χ3n) is 3.75. The van der Waals surface area contributed by atoms with Crippen molar-refractivity contribution >= 4 is 34.9 Å². The molecule has 1 N–H and O–H groups in total. The molecular formula is C16H16Cl2N2O2. The molecule has 0 aromatic heterocycles. The first kappa shape index (κ1) is 16.8. The van der Waals surface area contributed by atoms with Gasteiger partial charge >= 0.3 is 0 Å². The van der Waals surface area contributed by atoms with Gasteiger partial charge in [0.1, 0.15) is 0 Å². The summed E-state index contributed by atoms with van der Waals surface area (Å²) in [5.74, 6) is -2.51. The van der Waals surface area contributed by atoms with E-state index in [1.807, 2.05) is 0 Å². The highest BCUT2D eigenvalue weighted by atomic mass is 35.5. The van der Waals surface area contributed by atoms with Gasteiger partial charge in [-0.05, 0) is 31.0 Å². The molecule has 1 amide bonds. The predicted molar refractivity (Wildman–Crippen MR) is 84.9 cm³/mol. The normalized spacial score (nSPS) is 16.6. The van der Waals surface area contributed by atoms with Crippen LogP contribution in [0.1, 0.15) is 42.5 Å². The fraction of sp³-hybridized carbons (Fsp3) is 0.438. The zero-order valence-corrected chi connectivity index (χ0v) is 13.5. The first-order valence-corrected chi connectivity index (χ1v) is 7.97. The third-order valence-corrected chi connectivity index (χ3v) is 4.19. The minimum Gasteiger partial charge on any atom is -0.352 e.